The summed E-state index contributed by atoms with van der Waals surface area (Å²) in [6, 6.07) is 11.5. The quantitative estimate of drug-likeness (QED) is 0.417. The molecule has 1 aliphatic heterocycles. The molecule has 1 N–H and O–H groups in total. The summed E-state index contributed by atoms with van der Waals surface area (Å²) in [7, 11) is 0. The van der Waals surface area contributed by atoms with Gasteiger partial charge in [0.1, 0.15) is 12.1 Å². The first-order valence-electron chi connectivity index (χ1n) is 14.0. The predicted octanol–water partition coefficient (Wildman–Crippen LogP) is 3.59. The largest absolute Gasteiger partial charge is 0.444 e. The number of imidazole rings is 1. The first-order valence-corrected chi connectivity index (χ1v) is 14.0. The van der Waals surface area contributed by atoms with Gasteiger partial charge < -0.3 is 19.5 Å². The minimum Gasteiger partial charge on any atom is -0.444 e. The molecule has 41 heavy (non-hydrogen) atoms. The summed E-state index contributed by atoms with van der Waals surface area (Å²) in [6.07, 6.45) is 3.58. The summed E-state index contributed by atoms with van der Waals surface area (Å²) in [6.45, 7) is 10.8. The van der Waals surface area contributed by atoms with E-state index in [2.05, 4.69) is 11.4 Å². The second kappa shape index (κ2) is 12.5. The Hall–Kier alpha value is -4.33. The van der Waals surface area contributed by atoms with Crippen LogP contribution in [-0.4, -0.2) is 49.5 Å². The number of piperidine rings is 1. The predicted molar refractivity (Wildman–Crippen MR) is 158 cm³/mol. The summed E-state index contributed by atoms with van der Waals surface area (Å²) in [5, 5.41) is 12.5. The highest BCUT2D eigenvalue weighted by atomic mass is 16.6. The fourth-order valence-corrected chi connectivity index (χ4v) is 5.01. The molecular formula is C30H39N7O4. The second-order valence-corrected chi connectivity index (χ2v) is 11.6. The number of nitrogens with zero attached hydrogens (tertiary/aromatic N) is 6. The van der Waals surface area contributed by atoms with Crippen molar-refractivity contribution in [2.75, 3.05) is 18.0 Å². The Morgan fingerprint density at radius 1 is 1.17 bits per heavy atom. The monoisotopic (exact) mass is 561 g/mol. The highest BCUT2D eigenvalue weighted by molar-refractivity contribution is 5.75. The first-order chi connectivity index (χ1) is 19.5. The number of carbonyl (C=O) groups excluding carboxylic acids is 1. The number of allylic oxidation sites excluding steroid dienone is 2. The Bertz CT molecular complexity index is 1580. The second-order valence-electron chi connectivity index (χ2n) is 11.6. The number of alkyl carbamates (subject to hydrolysis) is 1. The Labute approximate surface area is 239 Å². The van der Waals surface area contributed by atoms with Crippen LogP contribution in [0.3, 0.4) is 0 Å². The zero-order valence-corrected chi connectivity index (χ0v) is 24.5. The zero-order valence-electron chi connectivity index (χ0n) is 24.5. The number of aromatic nitrogens is 4. The van der Waals surface area contributed by atoms with Gasteiger partial charge in [-0.25, -0.2) is 9.59 Å². The maximum atomic E-state index is 13.9. The van der Waals surface area contributed by atoms with Gasteiger partial charge in [-0.3, -0.25) is 13.9 Å². The van der Waals surface area contributed by atoms with E-state index in [4.69, 9.17) is 9.72 Å². The van der Waals surface area contributed by atoms with Gasteiger partial charge in [0.05, 0.1) is 6.07 Å². The van der Waals surface area contributed by atoms with Crippen LogP contribution in [0.5, 0.6) is 0 Å². The molecule has 0 saturated carbocycles. The van der Waals surface area contributed by atoms with E-state index in [0.29, 0.717) is 32.0 Å². The van der Waals surface area contributed by atoms with Crippen molar-refractivity contribution in [2.45, 2.75) is 85.2 Å². The van der Waals surface area contributed by atoms with E-state index in [-0.39, 0.29) is 30.3 Å². The van der Waals surface area contributed by atoms with E-state index < -0.39 is 22.9 Å². The smallest absolute Gasteiger partial charge is 0.407 e. The average molecular weight is 562 g/mol. The van der Waals surface area contributed by atoms with Gasteiger partial charge in [-0.2, -0.15) is 10.2 Å². The molecule has 1 aliphatic rings. The number of amides is 1. The van der Waals surface area contributed by atoms with Crippen LogP contribution < -0.4 is 21.5 Å². The fourth-order valence-electron chi connectivity index (χ4n) is 5.01. The molecule has 11 heteroatoms. The van der Waals surface area contributed by atoms with Crippen molar-refractivity contribution in [1.29, 1.82) is 5.26 Å². The highest BCUT2D eigenvalue weighted by Crippen LogP contribution is 2.24. The molecule has 1 saturated heterocycles. The molecule has 1 unspecified atom stereocenters. The van der Waals surface area contributed by atoms with Gasteiger partial charge in [-0.1, -0.05) is 42.0 Å². The van der Waals surface area contributed by atoms with Crippen molar-refractivity contribution in [1.82, 2.24) is 24.0 Å². The number of anilines is 1. The number of nitrogens with one attached hydrogen (secondary N) is 1. The van der Waals surface area contributed by atoms with Crippen LogP contribution in [0, 0.1) is 11.3 Å². The molecule has 218 valence electrons. The number of carbonyl (C=O) groups is 1. The van der Waals surface area contributed by atoms with Crippen molar-refractivity contribution < 1.29 is 9.53 Å². The molecule has 0 spiro atoms. The summed E-state index contributed by atoms with van der Waals surface area (Å²) in [4.78, 5) is 46.7. The van der Waals surface area contributed by atoms with Gasteiger partial charge in [0, 0.05) is 32.2 Å². The van der Waals surface area contributed by atoms with Gasteiger partial charge >= 0.3 is 11.8 Å². The standard InChI is InChI=1S/C30H39N7O4/c1-21(2)13-17-35-24-25(33-27(35)34-16-9-12-23(20-34)32-28(39)41-30(3,4)5)36(19-15-31)29(40)37(26(24)38)18-14-22-10-7-6-8-11-22/h6-8,10-11,13,23H,9,12,14,16-20H2,1-5H3,(H,32,39). The molecule has 0 aliphatic carbocycles. The third-order valence-electron chi connectivity index (χ3n) is 6.90. The third-order valence-corrected chi connectivity index (χ3v) is 6.90. The van der Waals surface area contributed by atoms with Crippen LogP contribution in [-0.2, 0) is 30.8 Å². The third kappa shape index (κ3) is 7.06. The van der Waals surface area contributed by atoms with Crippen molar-refractivity contribution in [3.8, 4) is 6.07 Å². The Morgan fingerprint density at radius 2 is 1.90 bits per heavy atom. The van der Waals surface area contributed by atoms with Crippen LogP contribution in [0.15, 0.2) is 51.6 Å². The topological polar surface area (TPSA) is 127 Å². The van der Waals surface area contributed by atoms with Crippen molar-refractivity contribution in [2.24, 2.45) is 0 Å². The van der Waals surface area contributed by atoms with E-state index in [9.17, 15) is 19.6 Å². The average Bonchev–Trinajstić information content (AvgIpc) is 3.29. The van der Waals surface area contributed by atoms with E-state index in [1.165, 1.54) is 9.13 Å². The van der Waals surface area contributed by atoms with Crippen LogP contribution in [0.4, 0.5) is 10.7 Å². The van der Waals surface area contributed by atoms with Gasteiger partial charge in [-0.05, 0) is 59.4 Å². The fraction of sp³-hybridized carbons (Fsp3) is 0.500. The Balaban J connectivity index is 1.78. The number of ether oxygens (including phenoxy) is 1. The van der Waals surface area contributed by atoms with Crippen molar-refractivity contribution in [3.63, 3.8) is 0 Å². The van der Waals surface area contributed by atoms with E-state index in [0.717, 1.165) is 24.0 Å². The van der Waals surface area contributed by atoms with Crippen LogP contribution in [0.25, 0.3) is 11.2 Å². The number of rotatable bonds is 8. The number of hydrogen-bond donors (Lipinski definition) is 1. The highest BCUT2D eigenvalue weighted by Gasteiger charge is 2.29. The number of hydrogen-bond acceptors (Lipinski definition) is 7. The molecule has 11 nitrogen and oxygen atoms in total. The molecule has 3 aromatic rings. The van der Waals surface area contributed by atoms with Gasteiger partial charge in [0.2, 0.25) is 5.95 Å². The number of benzene rings is 1. The van der Waals surface area contributed by atoms with Gasteiger partial charge in [0.25, 0.3) is 5.56 Å². The SMILES string of the molecule is CC(C)=CCn1c(N2CCCC(NC(=O)OC(C)(C)C)C2)nc2c1c(=O)n(CCc1ccccc1)c(=O)n2CC#N. The lowest BCUT2D eigenvalue weighted by molar-refractivity contribution is 0.0499. The summed E-state index contributed by atoms with van der Waals surface area (Å²) in [5.74, 6) is 0.525. The summed E-state index contributed by atoms with van der Waals surface area (Å²) in [5.41, 5.74) is 0.941. The van der Waals surface area contributed by atoms with Crippen molar-refractivity contribution in [3.05, 3.63) is 68.4 Å². The Morgan fingerprint density at radius 3 is 2.56 bits per heavy atom. The van der Waals surface area contributed by atoms with Crippen LogP contribution in [0.2, 0.25) is 0 Å². The number of fused-ring (bicyclic) bond motifs is 1. The summed E-state index contributed by atoms with van der Waals surface area (Å²) < 4.78 is 9.76. The van der Waals surface area contributed by atoms with E-state index in [1.807, 2.05) is 80.5 Å². The number of aryl methyl sites for hydroxylation is 1. The number of nitriles is 1. The zero-order chi connectivity index (χ0) is 29.7. The maximum Gasteiger partial charge on any atom is 0.407 e. The Kier molecular flexibility index (Phi) is 9.01. The minimum absolute atomic E-state index is 0.178. The molecule has 1 atom stereocenters. The van der Waals surface area contributed by atoms with E-state index >= 15 is 0 Å². The van der Waals surface area contributed by atoms with Crippen LogP contribution in [0.1, 0.15) is 53.0 Å². The lowest BCUT2D eigenvalue weighted by Gasteiger charge is -2.34. The van der Waals surface area contributed by atoms with Crippen molar-refractivity contribution >= 4 is 23.2 Å². The molecule has 2 aromatic heterocycles. The molecule has 3 heterocycles. The van der Waals surface area contributed by atoms with Crippen LogP contribution >= 0.6 is 0 Å². The minimum atomic E-state index is -0.610. The molecule has 4 rings (SSSR count). The molecular weight excluding hydrogens is 522 g/mol. The summed E-state index contributed by atoms with van der Waals surface area (Å²) >= 11 is 0. The molecule has 0 bridgehead atoms. The van der Waals surface area contributed by atoms with Gasteiger partial charge in [0.15, 0.2) is 11.2 Å². The molecule has 1 fully saturated rings. The van der Waals surface area contributed by atoms with E-state index in [1.54, 1.807) is 0 Å². The normalized spacial score (nSPS) is 15.4. The lowest BCUT2D eigenvalue weighted by Crippen LogP contribution is -2.49. The maximum absolute atomic E-state index is 13.9. The first kappa shape index (κ1) is 29.6. The lowest BCUT2D eigenvalue weighted by atomic mass is 10.1. The van der Waals surface area contributed by atoms with Gasteiger partial charge in [-0.15, -0.1) is 0 Å². The molecule has 1 aromatic carbocycles. The molecule has 0 radical (unpaired) electrons. The molecule has 1 amide bonds.